The largest absolute Gasteiger partial charge is 0.419 e. The van der Waals surface area contributed by atoms with Crippen LogP contribution in [0.1, 0.15) is 18.4 Å². The average molecular weight is 477 g/mol. The summed E-state index contributed by atoms with van der Waals surface area (Å²) in [6.45, 7) is 3.15. The van der Waals surface area contributed by atoms with Crippen molar-refractivity contribution in [3.05, 3.63) is 58.6 Å². The fourth-order valence-corrected chi connectivity index (χ4v) is 4.78. The Hall–Kier alpha value is -2.16. The third-order valence-corrected chi connectivity index (χ3v) is 6.96. The second-order valence-corrected chi connectivity index (χ2v) is 9.78. The van der Waals surface area contributed by atoms with Gasteiger partial charge in [-0.1, -0.05) is 33.6 Å². The van der Waals surface area contributed by atoms with E-state index in [1.54, 1.807) is 24.3 Å². The molecule has 4 rings (SSSR count). The van der Waals surface area contributed by atoms with E-state index < -0.39 is 9.84 Å². The molecule has 152 valence electrons. The number of aryl methyl sites for hydroxylation is 1. The summed E-state index contributed by atoms with van der Waals surface area (Å²) in [6.07, 6.45) is 1.97. The van der Waals surface area contributed by atoms with Crippen LogP contribution >= 0.6 is 15.9 Å². The summed E-state index contributed by atoms with van der Waals surface area (Å²) in [5.41, 5.74) is 1.76. The first-order valence-corrected chi connectivity index (χ1v) is 11.6. The molecule has 0 bridgehead atoms. The standard InChI is InChI=1S/C21H21BrN2O4S/c1-14-4-2-5-15(12-14)19-24-21(20(28-19)23-13-17-6-3-11-27-17)29(25,26)18-9-7-16(22)8-10-18/h2,4-5,7-10,12,17,23H,3,6,11,13H2,1H3. The Balaban J connectivity index is 1.74. The van der Waals surface area contributed by atoms with Gasteiger partial charge in [0.2, 0.25) is 26.6 Å². The third-order valence-electron chi connectivity index (χ3n) is 4.75. The monoisotopic (exact) mass is 476 g/mol. The van der Waals surface area contributed by atoms with Gasteiger partial charge in [0.05, 0.1) is 11.0 Å². The molecule has 2 heterocycles. The molecule has 1 atom stereocenters. The van der Waals surface area contributed by atoms with Crippen LogP contribution in [-0.4, -0.2) is 32.7 Å². The van der Waals surface area contributed by atoms with Gasteiger partial charge in [-0.15, -0.1) is 0 Å². The van der Waals surface area contributed by atoms with Crippen LogP contribution in [-0.2, 0) is 14.6 Å². The van der Waals surface area contributed by atoms with Gasteiger partial charge in [-0.05, 0) is 56.2 Å². The molecule has 0 radical (unpaired) electrons. The quantitative estimate of drug-likeness (QED) is 0.548. The lowest BCUT2D eigenvalue weighted by Crippen LogP contribution is -2.19. The first kappa shape index (κ1) is 20.1. The van der Waals surface area contributed by atoms with Gasteiger partial charge in [0.25, 0.3) is 0 Å². The number of oxazole rings is 1. The molecule has 1 fully saturated rings. The van der Waals surface area contributed by atoms with Crippen molar-refractivity contribution in [1.29, 1.82) is 0 Å². The summed E-state index contributed by atoms with van der Waals surface area (Å²) in [5, 5.41) is 2.99. The molecule has 1 N–H and O–H groups in total. The third kappa shape index (κ3) is 4.39. The molecular weight excluding hydrogens is 456 g/mol. The Bertz CT molecular complexity index is 1100. The Morgan fingerprint density at radius 2 is 2.00 bits per heavy atom. The zero-order valence-electron chi connectivity index (χ0n) is 15.9. The number of sulfone groups is 1. The maximum atomic E-state index is 13.3. The van der Waals surface area contributed by atoms with Crippen molar-refractivity contribution in [3.63, 3.8) is 0 Å². The highest BCUT2D eigenvalue weighted by molar-refractivity contribution is 9.10. The number of ether oxygens (including phenoxy) is 1. The molecule has 1 aliphatic heterocycles. The molecular formula is C21H21BrN2O4S. The summed E-state index contributed by atoms with van der Waals surface area (Å²) >= 11 is 3.33. The number of anilines is 1. The van der Waals surface area contributed by atoms with Gasteiger partial charge >= 0.3 is 0 Å². The van der Waals surface area contributed by atoms with Crippen LogP contribution in [0.25, 0.3) is 11.5 Å². The van der Waals surface area contributed by atoms with Gasteiger partial charge in [0, 0.05) is 23.2 Å². The summed E-state index contributed by atoms with van der Waals surface area (Å²) in [6, 6.07) is 14.1. The van der Waals surface area contributed by atoms with Crippen molar-refractivity contribution in [2.75, 3.05) is 18.5 Å². The van der Waals surface area contributed by atoms with Crippen LogP contribution < -0.4 is 5.32 Å². The van der Waals surface area contributed by atoms with E-state index in [2.05, 4.69) is 26.2 Å². The minimum Gasteiger partial charge on any atom is -0.419 e. The van der Waals surface area contributed by atoms with Crippen LogP contribution in [0.2, 0.25) is 0 Å². The van der Waals surface area contributed by atoms with Crippen molar-refractivity contribution >= 4 is 31.7 Å². The van der Waals surface area contributed by atoms with Gasteiger partial charge in [0.1, 0.15) is 0 Å². The van der Waals surface area contributed by atoms with E-state index in [1.165, 1.54) is 0 Å². The number of benzene rings is 2. The summed E-state index contributed by atoms with van der Waals surface area (Å²) in [7, 11) is -3.86. The predicted molar refractivity (Wildman–Crippen MR) is 114 cm³/mol. The fourth-order valence-electron chi connectivity index (χ4n) is 3.24. The number of halogens is 1. The van der Waals surface area contributed by atoms with Crippen molar-refractivity contribution in [2.45, 2.75) is 35.8 Å². The van der Waals surface area contributed by atoms with Crippen LogP contribution in [0.15, 0.2) is 67.3 Å². The molecule has 2 aromatic carbocycles. The number of rotatable bonds is 6. The fraction of sp³-hybridized carbons (Fsp3) is 0.286. The molecule has 1 saturated heterocycles. The second kappa shape index (κ2) is 8.30. The van der Waals surface area contributed by atoms with E-state index in [1.807, 2.05) is 31.2 Å². The van der Waals surface area contributed by atoms with Crippen molar-refractivity contribution in [1.82, 2.24) is 4.98 Å². The Morgan fingerprint density at radius 1 is 1.21 bits per heavy atom. The lowest BCUT2D eigenvalue weighted by atomic mass is 10.1. The number of nitrogens with zero attached hydrogens (tertiary/aromatic N) is 1. The van der Waals surface area contributed by atoms with E-state index in [4.69, 9.17) is 9.15 Å². The molecule has 29 heavy (non-hydrogen) atoms. The zero-order chi connectivity index (χ0) is 20.4. The second-order valence-electron chi connectivity index (χ2n) is 7.00. The first-order chi connectivity index (χ1) is 13.9. The van der Waals surface area contributed by atoms with Gasteiger partial charge in [-0.3, -0.25) is 0 Å². The van der Waals surface area contributed by atoms with E-state index in [-0.39, 0.29) is 27.8 Å². The molecule has 0 saturated carbocycles. The van der Waals surface area contributed by atoms with Gasteiger partial charge in [-0.2, -0.15) is 4.98 Å². The highest BCUT2D eigenvalue weighted by atomic mass is 79.9. The molecule has 3 aromatic rings. The number of hydrogen-bond donors (Lipinski definition) is 1. The highest BCUT2D eigenvalue weighted by Crippen LogP contribution is 2.33. The van der Waals surface area contributed by atoms with Crippen molar-refractivity contribution in [3.8, 4) is 11.5 Å². The normalized spacial score (nSPS) is 16.8. The van der Waals surface area contributed by atoms with Gasteiger partial charge in [0.15, 0.2) is 0 Å². The lowest BCUT2D eigenvalue weighted by Gasteiger charge is -2.10. The minimum absolute atomic E-state index is 0.0331. The molecule has 0 spiro atoms. The molecule has 6 nitrogen and oxygen atoms in total. The van der Waals surface area contributed by atoms with E-state index >= 15 is 0 Å². The summed E-state index contributed by atoms with van der Waals surface area (Å²) in [4.78, 5) is 4.52. The van der Waals surface area contributed by atoms with E-state index in [9.17, 15) is 8.42 Å². The maximum Gasteiger partial charge on any atom is 0.233 e. The molecule has 1 unspecified atom stereocenters. The SMILES string of the molecule is Cc1cccc(-c2nc(S(=O)(=O)c3ccc(Br)cc3)c(NCC3CCCO3)o2)c1. The van der Waals surface area contributed by atoms with Crippen molar-refractivity contribution in [2.24, 2.45) is 0 Å². The Kier molecular flexibility index (Phi) is 5.76. The highest BCUT2D eigenvalue weighted by Gasteiger charge is 2.29. The minimum atomic E-state index is -3.86. The van der Waals surface area contributed by atoms with Crippen LogP contribution in [0, 0.1) is 6.92 Å². The first-order valence-electron chi connectivity index (χ1n) is 9.37. The molecule has 8 heteroatoms. The summed E-state index contributed by atoms with van der Waals surface area (Å²) in [5.74, 6) is 0.402. The zero-order valence-corrected chi connectivity index (χ0v) is 18.3. The van der Waals surface area contributed by atoms with Gasteiger partial charge in [-0.25, -0.2) is 8.42 Å². The van der Waals surface area contributed by atoms with Crippen LogP contribution in [0.4, 0.5) is 5.88 Å². The molecule has 0 amide bonds. The molecule has 1 aliphatic rings. The van der Waals surface area contributed by atoms with Crippen LogP contribution in [0.3, 0.4) is 0 Å². The molecule has 1 aromatic heterocycles. The maximum absolute atomic E-state index is 13.3. The average Bonchev–Trinajstić information content (AvgIpc) is 3.37. The van der Waals surface area contributed by atoms with Crippen molar-refractivity contribution < 1.29 is 17.6 Å². The lowest BCUT2D eigenvalue weighted by molar-refractivity contribution is 0.120. The van der Waals surface area contributed by atoms with Crippen LogP contribution in [0.5, 0.6) is 0 Å². The Labute approximate surface area is 178 Å². The number of aromatic nitrogens is 1. The number of hydrogen-bond acceptors (Lipinski definition) is 6. The smallest absolute Gasteiger partial charge is 0.233 e. The topological polar surface area (TPSA) is 81.4 Å². The Morgan fingerprint density at radius 3 is 2.69 bits per heavy atom. The molecule has 0 aliphatic carbocycles. The van der Waals surface area contributed by atoms with E-state index in [0.717, 1.165) is 35.0 Å². The summed E-state index contributed by atoms with van der Waals surface area (Å²) < 4.78 is 38.8. The van der Waals surface area contributed by atoms with Gasteiger partial charge < -0.3 is 14.5 Å². The van der Waals surface area contributed by atoms with E-state index in [0.29, 0.717) is 6.54 Å². The predicted octanol–water partition coefficient (Wildman–Crippen LogP) is 4.84. The number of nitrogens with one attached hydrogen (secondary N) is 1.